The molecule has 1 fully saturated rings. The van der Waals surface area contributed by atoms with Crippen LogP contribution in [0, 0.1) is 0 Å². The highest BCUT2D eigenvalue weighted by atomic mass is 16.3. The standard InChI is InChI=1S/C17H26N4O/c1-3-17(22,4-2)13-20-9-11-21(12-10-20)16-18-14-7-5-6-8-15(14)19-16/h5-8,22H,3-4,9-13H2,1-2H3,(H,18,19). The zero-order valence-electron chi connectivity index (χ0n) is 13.5. The second-order valence-corrected chi connectivity index (χ2v) is 6.27. The SMILES string of the molecule is CCC(O)(CC)CN1CCN(c2nc3ccccc3[nH]2)CC1. The summed E-state index contributed by atoms with van der Waals surface area (Å²) in [4.78, 5) is 12.7. The molecule has 120 valence electrons. The van der Waals surface area contributed by atoms with E-state index in [2.05, 4.69) is 39.7 Å². The molecule has 0 amide bonds. The first-order chi connectivity index (χ1) is 10.6. The molecule has 0 atom stereocenters. The normalized spacial score (nSPS) is 17.3. The molecular formula is C17H26N4O. The van der Waals surface area contributed by atoms with Crippen molar-refractivity contribution < 1.29 is 5.11 Å². The molecule has 0 saturated carbocycles. The largest absolute Gasteiger partial charge is 0.389 e. The first-order valence-electron chi connectivity index (χ1n) is 8.28. The highest BCUT2D eigenvalue weighted by Crippen LogP contribution is 2.21. The molecule has 5 heteroatoms. The van der Waals surface area contributed by atoms with Crippen LogP contribution in [0.1, 0.15) is 26.7 Å². The summed E-state index contributed by atoms with van der Waals surface area (Å²) in [6.07, 6.45) is 1.63. The van der Waals surface area contributed by atoms with Gasteiger partial charge in [0, 0.05) is 32.7 Å². The highest BCUT2D eigenvalue weighted by molar-refractivity contribution is 5.77. The van der Waals surface area contributed by atoms with Gasteiger partial charge in [0.1, 0.15) is 0 Å². The number of para-hydroxylation sites is 2. The lowest BCUT2D eigenvalue weighted by molar-refractivity contribution is -0.00460. The average molecular weight is 302 g/mol. The summed E-state index contributed by atoms with van der Waals surface area (Å²) in [7, 11) is 0. The predicted molar refractivity (Wildman–Crippen MR) is 90.3 cm³/mol. The maximum absolute atomic E-state index is 10.5. The van der Waals surface area contributed by atoms with E-state index in [0.29, 0.717) is 0 Å². The first kappa shape index (κ1) is 15.3. The van der Waals surface area contributed by atoms with E-state index in [0.717, 1.165) is 62.5 Å². The molecule has 2 aromatic rings. The summed E-state index contributed by atoms with van der Waals surface area (Å²) >= 11 is 0. The van der Waals surface area contributed by atoms with Gasteiger partial charge in [-0.3, -0.25) is 4.90 Å². The number of fused-ring (bicyclic) bond motifs is 1. The van der Waals surface area contributed by atoms with Gasteiger partial charge in [-0.05, 0) is 25.0 Å². The number of piperazine rings is 1. The Morgan fingerprint density at radius 3 is 2.45 bits per heavy atom. The van der Waals surface area contributed by atoms with E-state index in [1.165, 1.54) is 0 Å². The number of aromatic amines is 1. The second kappa shape index (κ2) is 6.26. The van der Waals surface area contributed by atoms with Gasteiger partial charge in [-0.2, -0.15) is 0 Å². The molecule has 1 aromatic heterocycles. The van der Waals surface area contributed by atoms with Crippen molar-refractivity contribution in [1.82, 2.24) is 14.9 Å². The number of nitrogens with zero attached hydrogens (tertiary/aromatic N) is 3. The summed E-state index contributed by atoms with van der Waals surface area (Å²) < 4.78 is 0. The lowest BCUT2D eigenvalue weighted by Crippen LogP contribution is -2.52. The maximum atomic E-state index is 10.5. The number of H-pyrrole nitrogens is 1. The number of β-amino-alcohol motifs (C(OH)–C–C–N with tert-alkyl or cyclic N) is 1. The monoisotopic (exact) mass is 302 g/mol. The van der Waals surface area contributed by atoms with E-state index in [1.807, 2.05) is 18.2 Å². The van der Waals surface area contributed by atoms with Gasteiger partial charge < -0.3 is 15.0 Å². The Morgan fingerprint density at radius 1 is 1.14 bits per heavy atom. The zero-order valence-corrected chi connectivity index (χ0v) is 13.5. The van der Waals surface area contributed by atoms with Crippen LogP contribution in [0.15, 0.2) is 24.3 Å². The highest BCUT2D eigenvalue weighted by Gasteiger charge is 2.28. The van der Waals surface area contributed by atoms with E-state index in [9.17, 15) is 5.11 Å². The Balaban J connectivity index is 1.62. The minimum Gasteiger partial charge on any atom is -0.389 e. The zero-order chi connectivity index (χ0) is 15.6. The number of benzene rings is 1. The Morgan fingerprint density at radius 2 is 1.82 bits per heavy atom. The molecule has 0 spiro atoms. The van der Waals surface area contributed by atoms with Gasteiger partial charge in [-0.15, -0.1) is 0 Å². The van der Waals surface area contributed by atoms with Crippen molar-refractivity contribution in [3.63, 3.8) is 0 Å². The molecule has 3 rings (SSSR count). The third-order valence-corrected chi connectivity index (χ3v) is 4.88. The fourth-order valence-electron chi connectivity index (χ4n) is 3.10. The number of hydrogen-bond acceptors (Lipinski definition) is 4. The van der Waals surface area contributed by atoms with Crippen molar-refractivity contribution in [2.45, 2.75) is 32.3 Å². The molecule has 1 aliphatic rings. The van der Waals surface area contributed by atoms with Crippen LogP contribution in [0.5, 0.6) is 0 Å². The van der Waals surface area contributed by atoms with Gasteiger partial charge in [0.2, 0.25) is 5.95 Å². The molecule has 2 N–H and O–H groups in total. The molecule has 0 radical (unpaired) electrons. The Labute approximate surface area is 131 Å². The van der Waals surface area contributed by atoms with Crippen molar-refractivity contribution >= 4 is 17.0 Å². The van der Waals surface area contributed by atoms with Crippen LogP contribution >= 0.6 is 0 Å². The lowest BCUT2D eigenvalue weighted by Gasteiger charge is -2.38. The van der Waals surface area contributed by atoms with E-state index in [4.69, 9.17) is 0 Å². The van der Waals surface area contributed by atoms with Crippen LogP contribution in [0.25, 0.3) is 11.0 Å². The molecule has 1 aromatic carbocycles. The second-order valence-electron chi connectivity index (χ2n) is 6.27. The van der Waals surface area contributed by atoms with Crippen LogP contribution < -0.4 is 4.90 Å². The van der Waals surface area contributed by atoms with Gasteiger partial charge >= 0.3 is 0 Å². The van der Waals surface area contributed by atoms with Crippen LogP contribution in [0.4, 0.5) is 5.95 Å². The maximum Gasteiger partial charge on any atom is 0.203 e. The molecule has 1 saturated heterocycles. The topological polar surface area (TPSA) is 55.4 Å². The number of rotatable bonds is 5. The van der Waals surface area contributed by atoms with E-state index in [-0.39, 0.29) is 0 Å². The van der Waals surface area contributed by atoms with E-state index < -0.39 is 5.60 Å². The van der Waals surface area contributed by atoms with Crippen LogP contribution in [-0.2, 0) is 0 Å². The van der Waals surface area contributed by atoms with Crippen molar-refractivity contribution in [3.05, 3.63) is 24.3 Å². The molecule has 0 aliphatic carbocycles. The number of hydrogen-bond donors (Lipinski definition) is 2. The number of aliphatic hydroxyl groups is 1. The molecule has 5 nitrogen and oxygen atoms in total. The quantitative estimate of drug-likeness (QED) is 0.889. The first-order valence-corrected chi connectivity index (χ1v) is 8.28. The fourth-order valence-corrected chi connectivity index (χ4v) is 3.10. The minimum atomic E-state index is -0.540. The smallest absolute Gasteiger partial charge is 0.203 e. The number of aromatic nitrogens is 2. The summed E-state index contributed by atoms with van der Waals surface area (Å²) in [6.45, 7) is 8.74. The van der Waals surface area contributed by atoms with Gasteiger partial charge in [0.15, 0.2) is 0 Å². The summed E-state index contributed by atoms with van der Waals surface area (Å²) in [5.41, 5.74) is 1.57. The number of imidazole rings is 1. The van der Waals surface area contributed by atoms with Crippen molar-refractivity contribution in [2.75, 3.05) is 37.6 Å². The number of anilines is 1. The van der Waals surface area contributed by atoms with Gasteiger partial charge in [0.25, 0.3) is 0 Å². The van der Waals surface area contributed by atoms with E-state index >= 15 is 0 Å². The molecule has 2 heterocycles. The van der Waals surface area contributed by atoms with Gasteiger partial charge in [0.05, 0.1) is 16.6 Å². The number of nitrogens with one attached hydrogen (secondary N) is 1. The predicted octanol–water partition coefficient (Wildman–Crippen LogP) is 2.24. The van der Waals surface area contributed by atoms with E-state index in [1.54, 1.807) is 0 Å². The van der Waals surface area contributed by atoms with Gasteiger partial charge in [-0.25, -0.2) is 4.98 Å². The lowest BCUT2D eigenvalue weighted by atomic mass is 9.96. The summed E-state index contributed by atoms with van der Waals surface area (Å²) in [5.74, 6) is 0.960. The molecule has 1 aliphatic heterocycles. The fraction of sp³-hybridized carbons (Fsp3) is 0.588. The Hall–Kier alpha value is -1.59. The Kier molecular flexibility index (Phi) is 4.36. The minimum absolute atomic E-state index is 0.540. The van der Waals surface area contributed by atoms with Crippen molar-refractivity contribution in [1.29, 1.82) is 0 Å². The van der Waals surface area contributed by atoms with Crippen molar-refractivity contribution in [2.24, 2.45) is 0 Å². The summed E-state index contributed by atoms with van der Waals surface area (Å²) in [5, 5.41) is 10.5. The van der Waals surface area contributed by atoms with Crippen LogP contribution in [0.2, 0.25) is 0 Å². The molecule has 0 unspecified atom stereocenters. The van der Waals surface area contributed by atoms with Crippen LogP contribution in [0.3, 0.4) is 0 Å². The third-order valence-electron chi connectivity index (χ3n) is 4.88. The Bertz CT molecular complexity index is 579. The molecule has 22 heavy (non-hydrogen) atoms. The molecular weight excluding hydrogens is 276 g/mol. The average Bonchev–Trinajstić information content (AvgIpc) is 2.99. The van der Waals surface area contributed by atoms with Gasteiger partial charge in [-0.1, -0.05) is 26.0 Å². The third kappa shape index (κ3) is 3.10. The summed E-state index contributed by atoms with van der Waals surface area (Å²) in [6, 6.07) is 8.14. The van der Waals surface area contributed by atoms with Crippen LogP contribution in [-0.4, -0.2) is 58.3 Å². The molecule has 0 bridgehead atoms. The van der Waals surface area contributed by atoms with Crippen molar-refractivity contribution in [3.8, 4) is 0 Å².